The number of aromatic nitrogens is 2. The maximum Gasteiger partial charge on any atom is 0.310 e. The van der Waals surface area contributed by atoms with Gasteiger partial charge in [-0.05, 0) is 6.07 Å². The molecule has 0 radical (unpaired) electrons. The Bertz CT molecular complexity index is 558. The summed E-state index contributed by atoms with van der Waals surface area (Å²) < 4.78 is 4.54. The number of rotatable bonds is 2. The average Bonchev–Trinajstić information content (AvgIpc) is 2.62. The zero-order chi connectivity index (χ0) is 10.8. The van der Waals surface area contributed by atoms with E-state index in [1.807, 2.05) is 0 Å². The molecule has 0 aliphatic heterocycles. The van der Waals surface area contributed by atoms with Gasteiger partial charge >= 0.3 is 5.97 Å². The highest BCUT2D eigenvalue weighted by molar-refractivity contribution is 7.18. The molecular formula is C9H8N2O3S. The third-order valence-corrected chi connectivity index (χ3v) is 2.97. The topological polar surface area (TPSA) is 72.1 Å². The van der Waals surface area contributed by atoms with Gasteiger partial charge in [-0.15, -0.1) is 11.3 Å². The monoisotopic (exact) mass is 224 g/mol. The molecule has 2 aromatic heterocycles. The van der Waals surface area contributed by atoms with Crippen molar-refractivity contribution in [3.63, 3.8) is 0 Å². The third kappa shape index (κ3) is 1.89. The van der Waals surface area contributed by atoms with E-state index in [9.17, 15) is 9.59 Å². The third-order valence-electron chi connectivity index (χ3n) is 1.93. The first kappa shape index (κ1) is 9.85. The maximum absolute atomic E-state index is 11.3. The van der Waals surface area contributed by atoms with Crippen LogP contribution in [-0.2, 0) is 16.0 Å². The second-order valence-electron chi connectivity index (χ2n) is 2.92. The molecule has 0 aliphatic carbocycles. The van der Waals surface area contributed by atoms with Crippen molar-refractivity contribution in [1.29, 1.82) is 0 Å². The number of carbonyl (C=O) groups is 1. The summed E-state index contributed by atoms with van der Waals surface area (Å²) in [6.07, 6.45) is 1.53. The van der Waals surface area contributed by atoms with E-state index < -0.39 is 0 Å². The Labute approximate surface area is 88.7 Å². The lowest BCUT2D eigenvalue weighted by atomic mass is 10.3. The summed E-state index contributed by atoms with van der Waals surface area (Å²) >= 11 is 1.32. The van der Waals surface area contributed by atoms with Crippen LogP contribution in [-0.4, -0.2) is 23.0 Å². The van der Waals surface area contributed by atoms with Gasteiger partial charge in [0.05, 0.1) is 25.2 Å². The molecular weight excluding hydrogens is 216 g/mol. The van der Waals surface area contributed by atoms with Crippen molar-refractivity contribution in [3.05, 3.63) is 27.6 Å². The van der Waals surface area contributed by atoms with E-state index >= 15 is 0 Å². The summed E-state index contributed by atoms with van der Waals surface area (Å²) in [5.74, 6) is -0.321. The van der Waals surface area contributed by atoms with Gasteiger partial charge in [-0.1, -0.05) is 0 Å². The number of nitrogens with zero attached hydrogens (tertiary/aromatic N) is 1. The summed E-state index contributed by atoms with van der Waals surface area (Å²) in [5, 5.41) is 0.515. The summed E-state index contributed by atoms with van der Waals surface area (Å²) in [6.45, 7) is 0. The lowest BCUT2D eigenvalue weighted by molar-refractivity contribution is -0.139. The van der Waals surface area contributed by atoms with Crippen molar-refractivity contribution < 1.29 is 9.53 Å². The number of carbonyl (C=O) groups excluding carboxylic acids is 1. The fraction of sp³-hybridized carbons (Fsp3) is 0.222. The highest BCUT2D eigenvalue weighted by Crippen LogP contribution is 2.20. The molecule has 0 aromatic carbocycles. The molecule has 0 unspecified atom stereocenters. The number of esters is 1. The molecule has 0 saturated heterocycles. The van der Waals surface area contributed by atoms with E-state index in [4.69, 9.17) is 0 Å². The molecule has 0 bridgehead atoms. The number of hydrogen-bond donors (Lipinski definition) is 1. The van der Waals surface area contributed by atoms with Gasteiger partial charge in [0.15, 0.2) is 0 Å². The van der Waals surface area contributed by atoms with Crippen molar-refractivity contribution in [3.8, 4) is 0 Å². The normalized spacial score (nSPS) is 10.5. The van der Waals surface area contributed by atoms with E-state index in [1.165, 1.54) is 24.8 Å². The molecule has 1 N–H and O–H groups in total. The van der Waals surface area contributed by atoms with Crippen LogP contribution in [0.1, 0.15) is 4.88 Å². The van der Waals surface area contributed by atoms with Gasteiger partial charge in [-0.25, -0.2) is 4.98 Å². The van der Waals surface area contributed by atoms with Crippen molar-refractivity contribution in [2.24, 2.45) is 0 Å². The van der Waals surface area contributed by atoms with Crippen LogP contribution in [0.15, 0.2) is 17.2 Å². The Morgan fingerprint density at radius 3 is 3.13 bits per heavy atom. The fourth-order valence-corrected chi connectivity index (χ4v) is 2.20. The lowest BCUT2D eigenvalue weighted by Gasteiger charge is -1.93. The Hall–Kier alpha value is -1.69. The smallest absolute Gasteiger partial charge is 0.310 e. The van der Waals surface area contributed by atoms with Crippen molar-refractivity contribution in [2.75, 3.05) is 7.11 Å². The summed E-state index contributed by atoms with van der Waals surface area (Å²) in [6, 6.07) is 1.67. The Morgan fingerprint density at radius 1 is 1.67 bits per heavy atom. The van der Waals surface area contributed by atoms with E-state index in [0.717, 1.165) is 4.88 Å². The van der Waals surface area contributed by atoms with Gasteiger partial charge in [0.2, 0.25) is 0 Å². The quantitative estimate of drug-likeness (QED) is 0.762. The number of aromatic amines is 1. The van der Waals surface area contributed by atoms with Crippen LogP contribution in [0, 0.1) is 0 Å². The Morgan fingerprint density at radius 2 is 2.47 bits per heavy atom. The molecule has 2 aromatic rings. The van der Waals surface area contributed by atoms with E-state index in [1.54, 1.807) is 6.07 Å². The van der Waals surface area contributed by atoms with Gasteiger partial charge in [0, 0.05) is 4.88 Å². The van der Waals surface area contributed by atoms with Crippen LogP contribution in [0.2, 0.25) is 0 Å². The number of fused-ring (bicyclic) bond motifs is 1. The first-order valence-electron chi connectivity index (χ1n) is 4.23. The van der Waals surface area contributed by atoms with Crippen LogP contribution in [0.4, 0.5) is 0 Å². The second-order valence-corrected chi connectivity index (χ2v) is 4.03. The molecule has 6 heteroatoms. The van der Waals surface area contributed by atoms with E-state index in [-0.39, 0.29) is 17.9 Å². The Balaban J connectivity index is 2.43. The molecule has 0 amide bonds. The maximum atomic E-state index is 11.3. The molecule has 0 fully saturated rings. The van der Waals surface area contributed by atoms with E-state index in [0.29, 0.717) is 10.2 Å². The molecule has 2 heterocycles. The standard InChI is InChI=1S/C9H8N2O3S/c1-14-7(12)3-5-2-6-8(13)10-4-11-9(6)15-5/h2,4H,3H2,1H3,(H,10,11,13). The number of nitrogens with one attached hydrogen (secondary N) is 1. The first-order chi connectivity index (χ1) is 7.20. The molecule has 5 nitrogen and oxygen atoms in total. The molecule has 15 heavy (non-hydrogen) atoms. The summed E-state index contributed by atoms with van der Waals surface area (Å²) in [5.41, 5.74) is -0.188. The largest absolute Gasteiger partial charge is 0.469 e. The first-order valence-corrected chi connectivity index (χ1v) is 5.05. The molecule has 0 aliphatic rings. The minimum atomic E-state index is -0.321. The van der Waals surface area contributed by atoms with E-state index in [2.05, 4.69) is 14.7 Å². The minimum Gasteiger partial charge on any atom is -0.469 e. The van der Waals surface area contributed by atoms with Crippen LogP contribution < -0.4 is 5.56 Å². The van der Waals surface area contributed by atoms with Gasteiger partial charge < -0.3 is 9.72 Å². The SMILES string of the molecule is COC(=O)Cc1cc2c(=O)[nH]cnc2s1. The molecule has 78 valence electrons. The van der Waals surface area contributed by atoms with Crippen LogP contribution in [0.25, 0.3) is 10.2 Å². The molecule has 0 saturated carbocycles. The molecule has 2 rings (SSSR count). The fourth-order valence-electron chi connectivity index (χ4n) is 1.22. The zero-order valence-electron chi connectivity index (χ0n) is 7.94. The number of H-pyrrole nitrogens is 1. The number of hydrogen-bond acceptors (Lipinski definition) is 5. The summed E-state index contributed by atoms with van der Waals surface area (Å²) in [4.78, 5) is 30.3. The highest BCUT2D eigenvalue weighted by atomic mass is 32.1. The molecule has 0 atom stereocenters. The van der Waals surface area contributed by atoms with Gasteiger partial charge in [-0.2, -0.15) is 0 Å². The van der Waals surface area contributed by atoms with Crippen molar-refractivity contribution in [2.45, 2.75) is 6.42 Å². The predicted molar refractivity (Wildman–Crippen MR) is 56.0 cm³/mol. The minimum absolute atomic E-state index is 0.178. The number of methoxy groups -OCH3 is 1. The van der Waals surface area contributed by atoms with Crippen LogP contribution in [0.5, 0.6) is 0 Å². The van der Waals surface area contributed by atoms with Gasteiger partial charge in [0.1, 0.15) is 4.83 Å². The summed E-state index contributed by atoms with van der Waals surface area (Å²) in [7, 11) is 1.33. The van der Waals surface area contributed by atoms with Gasteiger partial charge in [-0.3, -0.25) is 9.59 Å². The second kappa shape index (κ2) is 3.82. The highest BCUT2D eigenvalue weighted by Gasteiger charge is 2.09. The zero-order valence-corrected chi connectivity index (χ0v) is 8.76. The van der Waals surface area contributed by atoms with Gasteiger partial charge in [0.25, 0.3) is 5.56 Å². The average molecular weight is 224 g/mol. The number of thiophene rings is 1. The predicted octanol–water partition coefficient (Wildman–Crippen LogP) is 0.700. The van der Waals surface area contributed by atoms with Crippen molar-refractivity contribution in [1.82, 2.24) is 9.97 Å². The van der Waals surface area contributed by atoms with Crippen LogP contribution >= 0.6 is 11.3 Å². The number of ether oxygens (including phenoxy) is 1. The lowest BCUT2D eigenvalue weighted by Crippen LogP contribution is -2.04. The Kier molecular flexibility index (Phi) is 2.51. The van der Waals surface area contributed by atoms with Crippen molar-refractivity contribution >= 4 is 27.5 Å². The van der Waals surface area contributed by atoms with Crippen LogP contribution in [0.3, 0.4) is 0 Å². The molecule has 0 spiro atoms.